The van der Waals surface area contributed by atoms with E-state index in [1.807, 2.05) is 0 Å². The molecular formula is C6H14N2O2Si. The van der Waals surface area contributed by atoms with Crippen LogP contribution in [0.3, 0.4) is 0 Å². The Morgan fingerprint density at radius 1 is 1.00 bits per heavy atom. The van der Waals surface area contributed by atoms with Gasteiger partial charge in [0.25, 0.3) is 0 Å². The zero-order valence-electron chi connectivity index (χ0n) is 7.04. The van der Waals surface area contributed by atoms with Gasteiger partial charge in [0.15, 0.2) is 0 Å². The molecule has 0 radical (unpaired) electrons. The average molecular weight is 174 g/mol. The molecule has 0 saturated carbocycles. The molecule has 2 saturated heterocycles. The van der Waals surface area contributed by atoms with Gasteiger partial charge in [-0.2, -0.15) is 0 Å². The molecule has 4 nitrogen and oxygen atoms in total. The van der Waals surface area contributed by atoms with Crippen LogP contribution >= 0.6 is 0 Å². The van der Waals surface area contributed by atoms with E-state index in [2.05, 4.69) is 23.2 Å². The van der Waals surface area contributed by atoms with Gasteiger partial charge < -0.3 is 8.85 Å². The van der Waals surface area contributed by atoms with Crippen LogP contribution in [0.2, 0.25) is 0 Å². The zero-order valence-corrected chi connectivity index (χ0v) is 8.04. The van der Waals surface area contributed by atoms with Crippen molar-refractivity contribution in [2.45, 2.75) is 0 Å². The van der Waals surface area contributed by atoms with Crippen molar-refractivity contribution in [3.63, 3.8) is 0 Å². The monoisotopic (exact) mass is 174 g/mol. The van der Waals surface area contributed by atoms with Crippen molar-refractivity contribution in [2.75, 3.05) is 40.4 Å². The summed E-state index contributed by atoms with van der Waals surface area (Å²) in [5.41, 5.74) is 0. The molecule has 2 fully saturated rings. The van der Waals surface area contributed by atoms with Gasteiger partial charge in [0.2, 0.25) is 0 Å². The van der Waals surface area contributed by atoms with Crippen LogP contribution in [0.1, 0.15) is 0 Å². The third-order valence-corrected chi connectivity index (χ3v) is 5.94. The molecule has 11 heavy (non-hydrogen) atoms. The van der Waals surface area contributed by atoms with Crippen molar-refractivity contribution in [1.29, 1.82) is 0 Å². The first-order valence-electron chi connectivity index (χ1n) is 3.96. The molecule has 2 rings (SSSR count). The molecule has 0 aromatic heterocycles. The molecule has 0 N–H and O–H groups in total. The summed E-state index contributed by atoms with van der Waals surface area (Å²) in [6.45, 7) is 3.67. The van der Waals surface area contributed by atoms with E-state index in [-0.39, 0.29) is 0 Å². The molecule has 1 spiro atoms. The first kappa shape index (κ1) is 7.69. The van der Waals surface area contributed by atoms with Gasteiger partial charge in [0, 0.05) is 13.1 Å². The molecule has 5 heteroatoms. The van der Waals surface area contributed by atoms with Gasteiger partial charge in [0.05, 0.1) is 13.2 Å². The topological polar surface area (TPSA) is 24.9 Å². The molecule has 0 unspecified atom stereocenters. The molecule has 0 bridgehead atoms. The predicted octanol–water partition coefficient (Wildman–Crippen LogP) is -0.654. The van der Waals surface area contributed by atoms with Crippen molar-refractivity contribution in [3.8, 4) is 0 Å². The van der Waals surface area contributed by atoms with Crippen molar-refractivity contribution < 1.29 is 8.85 Å². The summed E-state index contributed by atoms with van der Waals surface area (Å²) in [6, 6.07) is 0. The normalized spacial score (nSPS) is 32.2. The van der Waals surface area contributed by atoms with E-state index < -0.39 is 8.88 Å². The largest absolute Gasteiger partial charge is 0.522 e. The number of hydrogen-bond acceptors (Lipinski definition) is 4. The van der Waals surface area contributed by atoms with Crippen LogP contribution < -0.4 is 0 Å². The quantitative estimate of drug-likeness (QED) is 0.455. The minimum Gasteiger partial charge on any atom is -0.369 e. The van der Waals surface area contributed by atoms with Crippen LogP contribution in [0.15, 0.2) is 0 Å². The number of likely N-dealkylation sites (N-methyl/N-ethyl adjacent to an activating group) is 2. The fraction of sp³-hybridized carbons (Fsp3) is 1.00. The Morgan fingerprint density at radius 2 is 1.45 bits per heavy atom. The van der Waals surface area contributed by atoms with E-state index in [9.17, 15) is 0 Å². The SMILES string of the molecule is CN1CCO[Si]12OCCN2C. The minimum atomic E-state index is -2.01. The Morgan fingerprint density at radius 3 is 1.73 bits per heavy atom. The van der Waals surface area contributed by atoms with E-state index >= 15 is 0 Å². The molecule has 0 amide bonds. The lowest BCUT2D eigenvalue weighted by atomic mass is 10.7. The highest BCUT2D eigenvalue weighted by Gasteiger charge is 2.55. The second-order valence-electron chi connectivity index (χ2n) is 3.09. The van der Waals surface area contributed by atoms with Crippen LogP contribution in [0.25, 0.3) is 0 Å². The lowest BCUT2D eigenvalue weighted by Crippen LogP contribution is -2.59. The molecule has 2 aliphatic rings. The van der Waals surface area contributed by atoms with Gasteiger partial charge >= 0.3 is 8.88 Å². The second kappa shape index (κ2) is 2.53. The fourth-order valence-electron chi connectivity index (χ4n) is 1.69. The lowest BCUT2D eigenvalue weighted by molar-refractivity contribution is 0.192. The van der Waals surface area contributed by atoms with Crippen LogP contribution in [-0.4, -0.2) is 58.4 Å². The summed E-state index contributed by atoms with van der Waals surface area (Å²) in [5, 5.41) is 0. The highest BCUT2D eigenvalue weighted by molar-refractivity contribution is 6.62. The van der Waals surface area contributed by atoms with E-state index in [1.165, 1.54) is 0 Å². The molecule has 0 atom stereocenters. The minimum absolute atomic E-state index is 0.826. The maximum absolute atomic E-state index is 5.69. The van der Waals surface area contributed by atoms with Gasteiger partial charge in [-0.05, 0) is 14.1 Å². The van der Waals surface area contributed by atoms with E-state index in [1.54, 1.807) is 0 Å². The summed E-state index contributed by atoms with van der Waals surface area (Å²) < 4.78 is 15.9. The first-order valence-corrected chi connectivity index (χ1v) is 5.67. The lowest BCUT2D eigenvalue weighted by Gasteiger charge is -2.29. The maximum Gasteiger partial charge on any atom is 0.522 e. The Balaban J connectivity index is 2.19. The van der Waals surface area contributed by atoms with Crippen molar-refractivity contribution in [2.24, 2.45) is 0 Å². The average Bonchev–Trinajstić information content (AvgIpc) is 2.48. The summed E-state index contributed by atoms with van der Waals surface area (Å²) >= 11 is 0. The number of rotatable bonds is 0. The smallest absolute Gasteiger partial charge is 0.369 e. The molecule has 0 aromatic rings. The Bertz CT molecular complexity index is 149. The third-order valence-electron chi connectivity index (χ3n) is 2.40. The number of hydrogen-bond donors (Lipinski definition) is 0. The summed E-state index contributed by atoms with van der Waals surface area (Å²) in [6.07, 6.45) is 0. The molecule has 2 heterocycles. The van der Waals surface area contributed by atoms with Crippen molar-refractivity contribution in [3.05, 3.63) is 0 Å². The second-order valence-corrected chi connectivity index (χ2v) is 6.29. The van der Waals surface area contributed by atoms with Crippen LogP contribution in [0.4, 0.5) is 0 Å². The molecule has 0 aromatic carbocycles. The molecular weight excluding hydrogens is 160 g/mol. The number of nitrogens with zero attached hydrogens (tertiary/aromatic N) is 2. The fourth-order valence-corrected chi connectivity index (χ4v) is 4.70. The van der Waals surface area contributed by atoms with Gasteiger partial charge in [0.1, 0.15) is 0 Å². The third kappa shape index (κ3) is 0.962. The first-order chi connectivity index (χ1) is 5.26. The van der Waals surface area contributed by atoms with Gasteiger partial charge in [-0.15, -0.1) is 0 Å². The van der Waals surface area contributed by atoms with Crippen LogP contribution in [0, 0.1) is 0 Å². The standard InChI is InChI=1S/C6H14N2O2Si/c1-7-3-5-9-11(7)8(2)4-6-10-11/h3-6H2,1-2H3. The Hall–Kier alpha value is 0.0569. The zero-order chi connectivity index (χ0) is 7.90. The summed E-state index contributed by atoms with van der Waals surface area (Å²) in [5.74, 6) is 0. The highest BCUT2D eigenvalue weighted by Crippen LogP contribution is 2.24. The Labute approximate surface area is 68.1 Å². The van der Waals surface area contributed by atoms with Crippen LogP contribution in [0.5, 0.6) is 0 Å². The Kier molecular flexibility index (Phi) is 1.77. The maximum atomic E-state index is 5.69. The molecule has 2 aliphatic heterocycles. The van der Waals surface area contributed by atoms with Crippen molar-refractivity contribution >= 4 is 8.88 Å². The van der Waals surface area contributed by atoms with Crippen molar-refractivity contribution in [1.82, 2.24) is 9.13 Å². The predicted molar refractivity (Wildman–Crippen MR) is 42.9 cm³/mol. The van der Waals surface area contributed by atoms with E-state index in [4.69, 9.17) is 8.85 Å². The van der Waals surface area contributed by atoms with Gasteiger partial charge in [-0.25, -0.2) is 0 Å². The molecule has 64 valence electrons. The van der Waals surface area contributed by atoms with E-state index in [0.29, 0.717) is 0 Å². The van der Waals surface area contributed by atoms with E-state index in [0.717, 1.165) is 26.3 Å². The van der Waals surface area contributed by atoms with Gasteiger partial charge in [-0.1, -0.05) is 0 Å². The summed E-state index contributed by atoms with van der Waals surface area (Å²) in [7, 11) is 2.16. The van der Waals surface area contributed by atoms with Crippen LogP contribution in [-0.2, 0) is 8.85 Å². The molecule has 0 aliphatic carbocycles. The summed E-state index contributed by atoms with van der Waals surface area (Å²) in [4.78, 5) is 0. The van der Waals surface area contributed by atoms with Gasteiger partial charge in [-0.3, -0.25) is 9.13 Å². The highest BCUT2D eigenvalue weighted by atomic mass is 28.4.